The average molecular weight is 361 g/mol. The number of hydrogen-bond acceptors (Lipinski definition) is 4. The van der Waals surface area contributed by atoms with Gasteiger partial charge in [0.25, 0.3) is 0 Å². The average Bonchev–Trinajstić information content (AvgIpc) is 2.83. The summed E-state index contributed by atoms with van der Waals surface area (Å²) < 4.78 is 46.5. The Morgan fingerprint density at radius 3 is 2.54 bits per heavy atom. The summed E-state index contributed by atoms with van der Waals surface area (Å²) in [6.45, 7) is 2.58. The van der Waals surface area contributed by atoms with Gasteiger partial charge in [-0.25, -0.2) is 22.6 Å². The Bertz CT molecular complexity index is 806. The molecule has 0 fully saturated rings. The third-order valence-corrected chi connectivity index (χ3v) is 3.42. The number of halogens is 4. The first-order chi connectivity index (χ1) is 11.3. The predicted molar refractivity (Wildman–Crippen MR) is 78.6 cm³/mol. The van der Waals surface area contributed by atoms with E-state index >= 15 is 0 Å². The second-order valence-electron chi connectivity index (χ2n) is 5.10. The van der Waals surface area contributed by atoms with Crippen LogP contribution in [-0.2, 0) is 11.3 Å². The van der Waals surface area contributed by atoms with Gasteiger partial charge in [-0.05, 0) is 26.0 Å². The molecule has 0 aliphatic rings. The van der Waals surface area contributed by atoms with Crippen molar-refractivity contribution in [1.29, 1.82) is 0 Å². The second-order valence-corrected chi connectivity index (χ2v) is 5.46. The SMILES string of the molecule is CC(C)OC(=O)c1nn(Cc2c(F)ccc(F)c2F)c(Cl)c1C=O. The zero-order valence-corrected chi connectivity index (χ0v) is 13.4. The van der Waals surface area contributed by atoms with Crippen LogP contribution in [0.2, 0.25) is 5.15 Å². The molecule has 0 N–H and O–H groups in total. The van der Waals surface area contributed by atoms with Crippen LogP contribution >= 0.6 is 11.6 Å². The molecule has 0 bridgehead atoms. The molecule has 9 heteroatoms. The van der Waals surface area contributed by atoms with Gasteiger partial charge in [0.2, 0.25) is 0 Å². The zero-order valence-electron chi connectivity index (χ0n) is 12.6. The van der Waals surface area contributed by atoms with Crippen molar-refractivity contribution < 1.29 is 27.5 Å². The minimum atomic E-state index is -1.40. The lowest BCUT2D eigenvalue weighted by Crippen LogP contribution is -2.14. The van der Waals surface area contributed by atoms with Gasteiger partial charge in [0.15, 0.2) is 23.6 Å². The van der Waals surface area contributed by atoms with Crippen molar-refractivity contribution >= 4 is 23.9 Å². The number of aldehydes is 1. The fourth-order valence-electron chi connectivity index (χ4n) is 1.95. The highest BCUT2D eigenvalue weighted by Crippen LogP contribution is 2.23. The van der Waals surface area contributed by atoms with Crippen molar-refractivity contribution in [2.45, 2.75) is 26.5 Å². The summed E-state index contributed by atoms with van der Waals surface area (Å²) in [5, 5.41) is 3.45. The minimum Gasteiger partial charge on any atom is -0.458 e. The molecule has 128 valence electrons. The summed E-state index contributed by atoms with van der Waals surface area (Å²) in [5.74, 6) is -4.57. The van der Waals surface area contributed by atoms with Crippen LogP contribution < -0.4 is 0 Å². The maximum atomic E-state index is 13.7. The molecule has 1 aromatic carbocycles. The number of carbonyl (C=O) groups is 2. The molecule has 0 aliphatic carbocycles. The van der Waals surface area contributed by atoms with Gasteiger partial charge in [-0.3, -0.25) is 4.79 Å². The molecular weight excluding hydrogens is 349 g/mol. The van der Waals surface area contributed by atoms with Gasteiger partial charge in [-0.2, -0.15) is 5.10 Å². The molecule has 0 radical (unpaired) electrons. The topological polar surface area (TPSA) is 61.2 Å². The van der Waals surface area contributed by atoms with Crippen molar-refractivity contribution in [2.24, 2.45) is 0 Å². The highest BCUT2D eigenvalue weighted by Gasteiger charge is 2.25. The Morgan fingerprint density at radius 1 is 1.33 bits per heavy atom. The minimum absolute atomic E-state index is 0.278. The van der Waals surface area contributed by atoms with Gasteiger partial charge in [-0.15, -0.1) is 0 Å². The standard InChI is InChI=1S/C15H12ClF3N2O3/c1-7(2)24-15(23)13-9(6-22)14(16)21(20-13)5-8-10(17)3-4-11(18)12(8)19/h3-4,6-7H,5H2,1-2H3. The first-order valence-electron chi connectivity index (χ1n) is 6.81. The molecule has 24 heavy (non-hydrogen) atoms. The Labute approximate surface area is 140 Å². The molecule has 2 aromatic rings. The van der Waals surface area contributed by atoms with Crippen LogP contribution in [0.3, 0.4) is 0 Å². The van der Waals surface area contributed by atoms with Crippen LogP contribution in [0.1, 0.15) is 40.3 Å². The summed E-state index contributed by atoms with van der Waals surface area (Å²) in [4.78, 5) is 23.1. The van der Waals surface area contributed by atoms with E-state index in [2.05, 4.69) is 5.10 Å². The maximum Gasteiger partial charge on any atom is 0.359 e. The van der Waals surface area contributed by atoms with Crippen LogP contribution in [0.4, 0.5) is 13.2 Å². The zero-order chi connectivity index (χ0) is 18.0. The van der Waals surface area contributed by atoms with Crippen LogP contribution in [0, 0.1) is 17.5 Å². The number of rotatable bonds is 5. The lowest BCUT2D eigenvalue weighted by molar-refractivity contribution is 0.0368. The number of ether oxygens (including phenoxy) is 1. The summed E-state index contributed by atoms with van der Waals surface area (Å²) in [7, 11) is 0. The van der Waals surface area contributed by atoms with Crippen LogP contribution in [0.25, 0.3) is 0 Å². The Kier molecular flexibility index (Phi) is 5.28. The van der Waals surface area contributed by atoms with Crippen LogP contribution in [-0.4, -0.2) is 28.1 Å². The number of aromatic nitrogens is 2. The molecule has 0 spiro atoms. The van der Waals surface area contributed by atoms with Crippen molar-refractivity contribution in [1.82, 2.24) is 9.78 Å². The highest BCUT2D eigenvalue weighted by molar-refractivity contribution is 6.32. The van der Waals surface area contributed by atoms with E-state index < -0.39 is 41.6 Å². The lowest BCUT2D eigenvalue weighted by Gasteiger charge is -2.07. The van der Waals surface area contributed by atoms with Crippen LogP contribution in [0.15, 0.2) is 12.1 Å². The number of carbonyl (C=O) groups excluding carboxylic acids is 2. The van der Waals surface area contributed by atoms with E-state index in [4.69, 9.17) is 16.3 Å². The molecule has 5 nitrogen and oxygen atoms in total. The molecule has 1 heterocycles. The Morgan fingerprint density at radius 2 is 1.96 bits per heavy atom. The fraction of sp³-hybridized carbons (Fsp3) is 0.267. The van der Waals surface area contributed by atoms with E-state index in [0.29, 0.717) is 6.07 Å². The van der Waals surface area contributed by atoms with E-state index in [1.165, 1.54) is 0 Å². The van der Waals surface area contributed by atoms with E-state index in [1.807, 2.05) is 0 Å². The molecule has 0 amide bonds. The lowest BCUT2D eigenvalue weighted by atomic mass is 10.2. The van der Waals surface area contributed by atoms with Crippen molar-refractivity contribution in [3.63, 3.8) is 0 Å². The number of benzene rings is 1. The van der Waals surface area contributed by atoms with Crippen molar-refractivity contribution in [3.8, 4) is 0 Å². The normalized spacial score (nSPS) is 11.0. The third-order valence-electron chi connectivity index (χ3n) is 3.03. The summed E-state index contributed by atoms with van der Waals surface area (Å²) >= 11 is 5.93. The number of esters is 1. The number of hydrogen-bond donors (Lipinski definition) is 0. The molecule has 0 saturated carbocycles. The smallest absolute Gasteiger partial charge is 0.359 e. The van der Waals surface area contributed by atoms with E-state index in [-0.39, 0.29) is 22.7 Å². The fourth-order valence-corrected chi connectivity index (χ4v) is 2.18. The molecule has 0 unspecified atom stereocenters. The Balaban J connectivity index is 2.46. The molecule has 0 atom stereocenters. The quantitative estimate of drug-likeness (QED) is 0.466. The highest BCUT2D eigenvalue weighted by atomic mass is 35.5. The van der Waals surface area contributed by atoms with Crippen LogP contribution in [0.5, 0.6) is 0 Å². The third kappa shape index (κ3) is 3.43. The molecular formula is C15H12ClF3N2O3. The first kappa shape index (κ1) is 18.0. The van der Waals surface area contributed by atoms with Crippen molar-refractivity contribution in [3.05, 3.63) is 51.6 Å². The molecule has 2 rings (SSSR count). The maximum absolute atomic E-state index is 13.7. The number of nitrogens with zero attached hydrogens (tertiary/aromatic N) is 2. The van der Waals surface area contributed by atoms with Gasteiger partial charge < -0.3 is 4.74 Å². The molecule has 0 aliphatic heterocycles. The van der Waals surface area contributed by atoms with E-state index in [1.54, 1.807) is 13.8 Å². The van der Waals surface area contributed by atoms with Gasteiger partial charge in [0, 0.05) is 5.56 Å². The van der Waals surface area contributed by atoms with E-state index in [9.17, 15) is 22.8 Å². The summed E-state index contributed by atoms with van der Waals surface area (Å²) in [6, 6.07) is 1.39. The monoisotopic (exact) mass is 360 g/mol. The Hall–Kier alpha value is -2.35. The van der Waals surface area contributed by atoms with Gasteiger partial charge in [0.1, 0.15) is 11.0 Å². The van der Waals surface area contributed by atoms with Crippen molar-refractivity contribution in [2.75, 3.05) is 0 Å². The van der Waals surface area contributed by atoms with Gasteiger partial charge in [-0.1, -0.05) is 11.6 Å². The largest absolute Gasteiger partial charge is 0.458 e. The summed E-state index contributed by atoms with van der Waals surface area (Å²) in [5.41, 5.74) is -1.30. The summed E-state index contributed by atoms with van der Waals surface area (Å²) in [6.07, 6.45) is -0.194. The second kappa shape index (κ2) is 7.04. The molecule has 0 saturated heterocycles. The predicted octanol–water partition coefficient (Wildman–Crippen LogP) is 3.38. The first-order valence-corrected chi connectivity index (χ1v) is 7.18. The molecule has 1 aromatic heterocycles. The van der Waals surface area contributed by atoms with Gasteiger partial charge >= 0.3 is 5.97 Å². The van der Waals surface area contributed by atoms with Gasteiger partial charge in [0.05, 0.1) is 18.2 Å². The van der Waals surface area contributed by atoms with E-state index in [0.717, 1.165) is 10.7 Å².